The van der Waals surface area contributed by atoms with Gasteiger partial charge in [0.25, 0.3) is 0 Å². The normalized spacial score (nSPS) is 38.2. The summed E-state index contributed by atoms with van der Waals surface area (Å²) >= 11 is 0. The largest absolute Gasteiger partial charge is 0.378 e. The predicted molar refractivity (Wildman–Crippen MR) is 53.5 cm³/mol. The Morgan fingerprint density at radius 1 is 1.29 bits per heavy atom. The molecule has 2 rings (SSSR count). The Kier molecular flexibility index (Phi) is 2.81. The first-order valence-electron chi connectivity index (χ1n) is 5.15. The lowest BCUT2D eigenvalue weighted by Crippen LogP contribution is -2.45. The van der Waals surface area contributed by atoms with Crippen LogP contribution in [0.1, 0.15) is 25.7 Å². The minimum Gasteiger partial charge on any atom is -0.378 e. The second kappa shape index (κ2) is 3.79. The van der Waals surface area contributed by atoms with Gasteiger partial charge in [-0.3, -0.25) is 0 Å². The smallest absolute Gasteiger partial charge is 0.208 e. The second-order valence-corrected chi connectivity index (χ2v) is 6.07. The third kappa shape index (κ3) is 2.27. The van der Waals surface area contributed by atoms with Crippen molar-refractivity contribution >= 4 is 10.0 Å². The van der Waals surface area contributed by atoms with Gasteiger partial charge in [-0.2, -0.15) is 0 Å². The molecule has 0 aromatic heterocycles. The monoisotopic (exact) mass is 219 g/mol. The van der Waals surface area contributed by atoms with Crippen molar-refractivity contribution in [1.29, 1.82) is 0 Å². The number of ether oxygens (including phenoxy) is 1. The van der Waals surface area contributed by atoms with Gasteiger partial charge in [0.15, 0.2) is 0 Å². The molecule has 14 heavy (non-hydrogen) atoms. The molecule has 1 saturated heterocycles. The molecule has 1 saturated carbocycles. The summed E-state index contributed by atoms with van der Waals surface area (Å²) in [4.78, 5) is 0. The number of sulfonamides is 1. The molecule has 0 aromatic rings. The predicted octanol–water partition coefficient (Wildman–Crippen LogP) is 0.493. The molecular formula is C9H17NO3S. The average Bonchev–Trinajstić information content (AvgIpc) is 2.49. The van der Waals surface area contributed by atoms with Crippen molar-refractivity contribution in [3.8, 4) is 0 Å². The molecular weight excluding hydrogens is 202 g/mol. The SMILES string of the molecule is CS(=O)(=O)N[C@@H]1CCC[C@@H]2OCC[C@H]21. The van der Waals surface area contributed by atoms with E-state index in [-0.39, 0.29) is 6.04 Å². The van der Waals surface area contributed by atoms with E-state index < -0.39 is 10.0 Å². The van der Waals surface area contributed by atoms with Gasteiger partial charge in [0.1, 0.15) is 0 Å². The Balaban J connectivity index is 2.03. The van der Waals surface area contributed by atoms with Crippen LogP contribution in [-0.2, 0) is 14.8 Å². The molecule has 0 aromatic carbocycles. The zero-order chi connectivity index (χ0) is 10.2. The third-order valence-electron chi connectivity index (χ3n) is 3.15. The molecule has 1 heterocycles. The summed E-state index contributed by atoms with van der Waals surface area (Å²) in [6.45, 7) is 0.789. The van der Waals surface area contributed by atoms with Crippen molar-refractivity contribution in [3.63, 3.8) is 0 Å². The lowest BCUT2D eigenvalue weighted by Gasteiger charge is -2.32. The second-order valence-electron chi connectivity index (χ2n) is 4.29. The van der Waals surface area contributed by atoms with E-state index in [0.717, 1.165) is 32.3 Å². The highest BCUT2D eigenvalue weighted by Gasteiger charge is 2.38. The molecule has 1 aliphatic carbocycles. The molecule has 0 unspecified atom stereocenters. The summed E-state index contributed by atoms with van der Waals surface area (Å²) in [7, 11) is -3.07. The van der Waals surface area contributed by atoms with E-state index in [1.165, 1.54) is 6.26 Å². The highest BCUT2D eigenvalue weighted by atomic mass is 32.2. The van der Waals surface area contributed by atoms with Crippen molar-refractivity contribution in [2.75, 3.05) is 12.9 Å². The van der Waals surface area contributed by atoms with Gasteiger partial charge < -0.3 is 4.74 Å². The lowest BCUT2D eigenvalue weighted by atomic mass is 9.82. The van der Waals surface area contributed by atoms with Crippen molar-refractivity contribution in [2.24, 2.45) is 5.92 Å². The fourth-order valence-corrected chi connectivity index (χ4v) is 3.44. The van der Waals surface area contributed by atoms with E-state index in [4.69, 9.17) is 4.74 Å². The Bertz CT molecular complexity index is 301. The molecule has 0 bridgehead atoms. The van der Waals surface area contributed by atoms with Crippen LogP contribution >= 0.6 is 0 Å². The van der Waals surface area contributed by atoms with Crippen LogP contribution in [0.3, 0.4) is 0 Å². The first-order valence-corrected chi connectivity index (χ1v) is 7.04. The van der Waals surface area contributed by atoms with Crippen LogP contribution < -0.4 is 4.72 Å². The van der Waals surface area contributed by atoms with Crippen molar-refractivity contribution in [3.05, 3.63) is 0 Å². The first kappa shape index (κ1) is 10.4. The Hall–Kier alpha value is -0.130. The van der Waals surface area contributed by atoms with E-state index >= 15 is 0 Å². The molecule has 1 N–H and O–H groups in total. The van der Waals surface area contributed by atoms with Crippen LogP contribution in [0.2, 0.25) is 0 Å². The highest BCUT2D eigenvalue weighted by molar-refractivity contribution is 7.88. The zero-order valence-electron chi connectivity index (χ0n) is 8.40. The van der Waals surface area contributed by atoms with Gasteiger partial charge in [0.05, 0.1) is 12.4 Å². The van der Waals surface area contributed by atoms with Crippen LogP contribution in [0, 0.1) is 5.92 Å². The quantitative estimate of drug-likeness (QED) is 0.735. The standard InChI is InChI=1S/C9H17NO3S/c1-14(11,12)10-8-3-2-4-9-7(8)5-6-13-9/h7-10H,2-6H2,1H3/t7-,8+,9-/m0/s1. The Morgan fingerprint density at radius 3 is 2.79 bits per heavy atom. The average molecular weight is 219 g/mol. The van der Waals surface area contributed by atoms with E-state index in [2.05, 4.69) is 4.72 Å². The van der Waals surface area contributed by atoms with Crippen LogP contribution in [0.5, 0.6) is 0 Å². The maximum atomic E-state index is 11.1. The van der Waals surface area contributed by atoms with Gasteiger partial charge in [0.2, 0.25) is 10.0 Å². The van der Waals surface area contributed by atoms with Crippen LogP contribution in [0.25, 0.3) is 0 Å². The number of hydrogen-bond donors (Lipinski definition) is 1. The highest BCUT2D eigenvalue weighted by Crippen LogP contribution is 2.34. The van der Waals surface area contributed by atoms with Crippen molar-refractivity contribution in [2.45, 2.75) is 37.8 Å². The maximum Gasteiger partial charge on any atom is 0.208 e. The summed E-state index contributed by atoms with van der Waals surface area (Å²) < 4.78 is 30.6. The fourth-order valence-electron chi connectivity index (χ4n) is 2.60. The summed E-state index contributed by atoms with van der Waals surface area (Å²) in [6.07, 6.45) is 5.63. The molecule has 1 aliphatic heterocycles. The number of rotatable bonds is 2. The van der Waals surface area contributed by atoms with Crippen molar-refractivity contribution < 1.29 is 13.2 Å². The van der Waals surface area contributed by atoms with Crippen LogP contribution in [0.15, 0.2) is 0 Å². The molecule has 4 nitrogen and oxygen atoms in total. The van der Waals surface area contributed by atoms with Crippen molar-refractivity contribution in [1.82, 2.24) is 4.72 Å². The van der Waals surface area contributed by atoms with E-state index in [0.29, 0.717) is 12.0 Å². The van der Waals surface area contributed by atoms with Gasteiger partial charge in [-0.25, -0.2) is 13.1 Å². The molecule has 0 spiro atoms. The molecule has 2 fully saturated rings. The van der Waals surface area contributed by atoms with Crippen LogP contribution in [-0.4, -0.2) is 33.4 Å². The van der Waals surface area contributed by atoms with Crippen LogP contribution in [0.4, 0.5) is 0 Å². The topological polar surface area (TPSA) is 55.4 Å². The lowest BCUT2D eigenvalue weighted by molar-refractivity contribution is 0.0570. The van der Waals surface area contributed by atoms with E-state index in [1.54, 1.807) is 0 Å². The van der Waals surface area contributed by atoms with Gasteiger partial charge in [-0.1, -0.05) is 0 Å². The van der Waals surface area contributed by atoms with Gasteiger partial charge in [-0.15, -0.1) is 0 Å². The van der Waals surface area contributed by atoms with E-state index in [1.807, 2.05) is 0 Å². The van der Waals surface area contributed by atoms with Gasteiger partial charge in [0, 0.05) is 18.6 Å². The molecule has 3 atom stereocenters. The molecule has 0 amide bonds. The number of hydrogen-bond acceptors (Lipinski definition) is 3. The summed E-state index contributed by atoms with van der Waals surface area (Å²) in [5, 5.41) is 0. The minimum atomic E-state index is -3.07. The van der Waals surface area contributed by atoms with E-state index in [9.17, 15) is 8.42 Å². The third-order valence-corrected chi connectivity index (χ3v) is 3.88. The first-order chi connectivity index (χ1) is 6.56. The molecule has 82 valence electrons. The Morgan fingerprint density at radius 2 is 2.07 bits per heavy atom. The summed E-state index contributed by atoms with van der Waals surface area (Å²) in [6, 6.07) is 0.103. The minimum absolute atomic E-state index is 0.103. The zero-order valence-corrected chi connectivity index (χ0v) is 9.22. The molecule has 2 aliphatic rings. The maximum absolute atomic E-state index is 11.1. The summed E-state index contributed by atoms with van der Waals surface area (Å²) in [5.41, 5.74) is 0. The molecule has 5 heteroatoms. The fraction of sp³-hybridized carbons (Fsp3) is 1.00. The number of nitrogens with one attached hydrogen (secondary N) is 1. The van der Waals surface area contributed by atoms with Gasteiger partial charge >= 0.3 is 0 Å². The Labute approximate surface area is 85.1 Å². The van der Waals surface area contributed by atoms with Gasteiger partial charge in [-0.05, 0) is 25.7 Å². The molecule has 0 radical (unpaired) electrons. The number of fused-ring (bicyclic) bond motifs is 1. The summed E-state index contributed by atoms with van der Waals surface area (Å²) in [5.74, 6) is 0.401.